The molecule has 1 aromatic heterocycles. The number of benzene rings is 2. The van der Waals surface area contributed by atoms with Crippen LogP contribution >= 0.6 is 0 Å². The molecule has 126 valence electrons. The Bertz CT molecular complexity index is 889. The van der Waals surface area contributed by atoms with Gasteiger partial charge in [-0.05, 0) is 42.0 Å². The Labute approximate surface area is 143 Å². The van der Waals surface area contributed by atoms with Crippen molar-refractivity contribution in [2.75, 3.05) is 5.43 Å². The second-order valence-corrected chi connectivity index (χ2v) is 5.16. The SMILES string of the molecule is Cc1c(C(=O)N/N=C/c2ccccc2)nnn1Nc1ccc(F)cc1. The summed E-state index contributed by atoms with van der Waals surface area (Å²) in [7, 11) is 0. The van der Waals surface area contributed by atoms with Gasteiger partial charge in [0.2, 0.25) is 0 Å². The maximum Gasteiger partial charge on any atom is 0.293 e. The molecule has 2 N–H and O–H groups in total. The van der Waals surface area contributed by atoms with Crippen LogP contribution in [0, 0.1) is 12.7 Å². The van der Waals surface area contributed by atoms with E-state index in [0.29, 0.717) is 11.4 Å². The highest BCUT2D eigenvalue weighted by molar-refractivity contribution is 5.94. The van der Waals surface area contributed by atoms with Gasteiger partial charge in [0.25, 0.3) is 5.91 Å². The van der Waals surface area contributed by atoms with Crippen LogP contribution < -0.4 is 10.9 Å². The number of rotatable bonds is 5. The standard InChI is InChI=1S/C17H15FN6O/c1-12-16(17(25)21-19-11-13-5-3-2-4-6-13)20-23-24(12)22-15-9-7-14(18)8-10-15/h2-11,22H,1H3,(H,21,25)/b19-11+. The highest BCUT2D eigenvalue weighted by Crippen LogP contribution is 2.10. The number of hydrogen-bond acceptors (Lipinski definition) is 5. The molecule has 8 heteroatoms. The van der Waals surface area contributed by atoms with Crippen LogP contribution in [0.1, 0.15) is 21.7 Å². The molecule has 0 spiro atoms. The van der Waals surface area contributed by atoms with E-state index in [1.807, 2.05) is 30.3 Å². The molecule has 0 bridgehead atoms. The fraction of sp³-hybridized carbons (Fsp3) is 0.0588. The zero-order valence-electron chi connectivity index (χ0n) is 13.3. The Morgan fingerprint density at radius 1 is 1.16 bits per heavy atom. The van der Waals surface area contributed by atoms with Gasteiger partial charge in [-0.1, -0.05) is 30.3 Å². The lowest BCUT2D eigenvalue weighted by Crippen LogP contribution is -2.20. The Morgan fingerprint density at radius 2 is 1.88 bits per heavy atom. The number of hydrogen-bond donors (Lipinski definition) is 2. The average Bonchev–Trinajstić information content (AvgIpc) is 2.98. The van der Waals surface area contributed by atoms with Gasteiger partial charge in [-0.2, -0.15) is 9.89 Å². The van der Waals surface area contributed by atoms with Gasteiger partial charge in [0.15, 0.2) is 5.69 Å². The van der Waals surface area contributed by atoms with E-state index in [4.69, 9.17) is 0 Å². The Balaban J connectivity index is 1.66. The normalized spacial score (nSPS) is 10.8. The van der Waals surface area contributed by atoms with Crippen molar-refractivity contribution in [1.82, 2.24) is 20.5 Å². The smallest absolute Gasteiger partial charge is 0.277 e. The zero-order chi connectivity index (χ0) is 17.6. The summed E-state index contributed by atoms with van der Waals surface area (Å²) in [6, 6.07) is 15.1. The quantitative estimate of drug-likeness (QED) is 0.552. The number of nitrogens with one attached hydrogen (secondary N) is 2. The first-order valence-corrected chi connectivity index (χ1v) is 7.47. The third-order valence-corrected chi connectivity index (χ3v) is 3.37. The van der Waals surface area contributed by atoms with Gasteiger partial charge in [0, 0.05) is 0 Å². The molecule has 3 rings (SSSR count). The maximum absolute atomic E-state index is 12.9. The van der Waals surface area contributed by atoms with Crippen LogP contribution in [0.5, 0.6) is 0 Å². The molecule has 7 nitrogen and oxygen atoms in total. The molecule has 0 aliphatic carbocycles. The first-order chi connectivity index (χ1) is 12.1. The van der Waals surface area contributed by atoms with E-state index in [1.165, 1.54) is 23.1 Å². The van der Waals surface area contributed by atoms with Crippen molar-refractivity contribution >= 4 is 17.8 Å². The van der Waals surface area contributed by atoms with Crippen molar-refractivity contribution in [1.29, 1.82) is 0 Å². The summed E-state index contributed by atoms with van der Waals surface area (Å²) in [5.74, 6) is -0.811. The molecule has 1 heterocycles. The van der Waals surface area contributed by atoms with Gasteiger partial charge < -0.3 is 0 Å². The number of amides is 1. The van der Waals surface area contributed by atoms with Crippen LogP contribution in [-0.4, -0.2) is 27.2 Å². The van der Waals surface area contributed by atoms with Crippen molar-refractivity contribution in [2.24, 2.45) is 5.10 Å². The predicted octanol–water partition coefficient (Wildman–Crippen LogP) is 2.36. The largest absolute Gasteiger partial charge is 0.293 e. The third-order valence-electron chi connectivity index (χ3n) is 3.37. The summed E-state index contributed by atoms with van der Waals surface area (Å²) in [5, 5.41) is 11.6. The van der Waals surface area contributed by atoms with Crippen molar-refractivity contribution in [2.45, 2.75) is 6.92 Å². The van der Waals surface area contributed by atoms with Gasteiger partial charge in [0.05, 0.1) is 17.6 Å². The summed E-state index contributed by atoms with van der Waals surface area (Å²) in [4.78, 5) is 13.5. The summed E-state index contributed by atoms with van der Waals surface area (Å²) >= 11 is 0. The highest BCUT2D eigenvalue weighted by Gasteiger charge is 2.16. The predicted molar refractivity (Wildman–Crippen MR) is 91.7 cm³/mol. The number of aromatic nitrogens is 3. The molecule has 0 saturated carbocycles. The van der Waals surface area contributed by atoms with E-state index in [2.05, 4.69) is 26.3 Å². The molecule has 25 heavy (non-hydrogen) atoms. The van der Waals surface area contributed by atoms with Crippen molar-refractivity contribution in [3.05, 3.63) is 77.4 Å². The number of carbonyl (C=O) groups is 1. The van der Waals surface area contributed by atoms with Crippen LogP contribution in [0.25, 0.3) is 0 Å². The Morgan fingerprint density at radius 3 is 2.60 bits per heavy atom. The minimum Gasteiger partial charge on any atom is -0.277 e. The molecule has 0 aliphatic rings. The summed E-state index contributed by atoms with van der Waals surface area (Å²) in [6.45, 7) is 1.69. The molecule has 0 unspecified atom stereocenters. The van der Waals surface area contributed by atoms with Crippen molar-refractivity contribution in [3.63, 3.8) is 0 Å². The van der Waals surface area contributed by atoms with Crippen LogP contribution in [0.2, 0.25) is 0 Å². The molecule has 0 radical (unpaired) electrons. The van der Waals surface area contributed by atoms with Crippen molar-refractivity contribution < 1.29 is 9.18 Å². The van der Waals surface area contributed by atoms with Crippen LogP contribution in [0.4, 0.5) is 10.1 Å². The number of hydrazone groups is 1. The number of halogens is 1. The Hall–Kier alpha value is -3.55. The number of anilines is 1. The molecule has 2 aromatic carbocycles. The van der Waals surface area contributed by atoms with E-state index in [0.717, 1.165) is 5.56 Å². The molecular weight excluding hydrogens is 323 g/mol. The maximum atomic E-state index is 12.9. The average molecular weight is 338 g/mol. The second kappa shape index (κ2) is 7.35. The van der Waals surface area contributed by atoms with E-state index < -0.39 is 5.91 Å². The first-order valence-electron chi connectivity index (χ1n) is 7.47. The van der Waals surface area contributed by atoms with Gasteiger partial charge in [0.1, 0.15) is 5.82 Å². The first kappa shape index (κ1) is 16.3. The summed E-state index contributed by atoms with van der Waals surface area (Å²) in [5.41, 5.74) is 7.44. The second-order valence-electron chi connectivity index (χ2n) is 5.16. The van der Waals surface area contributed by atoms with E-state index in [1.54, 1.807) is 19.1 Å². The van der Waals surface area contributed by atoms with Gasteiger partial charge in [-0.25, -0.2) is 9.82 Å². The van der Waals surface area contributed by atoms with Gasteiger partial charge in [-0.3, -0.25) is 10.2 Å². The van der Waals surface area contributed by atoms with E-state index in [-0.39, 0.29) is 11.5 Å². The minimum absolute atomic E-state index is 0.139. The minimum atomic E-state index is -0.475. The van der Waals surface area contributed by atoms with Crippen LogP contribution in [0.3, 0.4) is 0 Å². The van der Waals surface area contributed by atoms with E-state index in [9.17, 15) is 9.18 Å². The number of carbonyl (C=O) groups excluding carboxylic acids is 1. The third kappa shape index (κ3) is 4.05. The molecule has 0 aliphatic heterocycles. The van der Waals surface area contributed by atoms with E-state index >= 15 is 0 Å². The number of nitrogens with zero attached hydrogens (tertiary/aromatic N) is 4. The molecule has 0 saturated heterocycles. The molecule has 3 aromatic rings. The highest BCUT2D eigenvalue weighted by atomic mass is 19.1. The van der Waals surface area contributed by atoms with Gasteiger partial charge >= 0.3 is 0 Å². The summed E-state index contributed by atoms with van der Waals surface area (Å²) in [6.07, 6.45) is 1.54. The molecule has 0 fully saturated rings. The monoisotopic (exact) mass is 338 g/mol. The van der Waals surface area contributed by atoms with Gasteiger partial charge in [-0.15, -0.1) is 5.10 Å². The topological polar surface area (TPSA) is 84.2 Å². The fourth-order valence-corrected chi connectivity index (χ4v) is 2.05. The zero-order valence-corrected chi connectivity index (χ0v) is 13.3. The lowest BCUT2D eigenvalue weighted by molar-refractivity contribution is 0.0949. The molecule has 1 amide bonds. The van der Waals surface area contributed by atoms with Crippen molar-refractivity contribution in [3.8, 4) is 0 Å². The Kier molecular flexibility index (Phi) is 4.79. The van der Waals surface area contributed by atoms with Crippen LogP contribution in [-0.2, 0) is 0 Å². The summed E-state index contributed by atoms with van der Waals surface area (Å²) < 4.78 is 12.9. The lowest BCUT2D eigenvalue weighted by atomic mass is 10.2. The fourth-order valence-electron chi connectivity index (χ4n) is 2.05. The lowest BCUT2D eigenvalue weighted by Gasteiger charge is -2.07. The van der Waals surface area contributed by atoms with Crippen LogP contribution in [0.15, 0.2) is 59.7 Å². The molecular formula is C17H15FN6O. The molecule has 0 atom stereocenters.